The molecule has 3 aromatic heterocycles. The van der Waals surface area contributed by atoms with E-state index >= 15 is 0 Å². The molecule has 454 valence electrons. The predicted molar refractivity (Wildman–Crippen MR) is 397 cm³/mol. The Labute approximate surface area is 566 Å². The first-order valence-electron chi connectivity index (χ1n) is 32.5. The first kappa shape index (κ1) is 58.0. The summed E-state index contributed by atoms with van der Waals surface area (Å²) in [5, 5.41) is 34.1. The van der Waals surface area contributed by atoms with E-state index in [-0.39, 0.29) is 0 Å². The molecule has 3 heterocycles. The fourth-order valence-electron chi connectivity index (χ4n) is 13.8. The highest BCUT2D eigenvalue weighted by Gasteiger charge is 2.25. The maximum Gasteiger partial charge on any atom is 0.166 e. The topological polar surface area (TPSA) is 120 Å². The van der Waals surface area contributed by atoms with Crippen LogP contribution in [-0.4, -0.2) is 24.1 Å². The fourth-order valence-corrected chi connectivity index (χ4v) is 13.8. The van der Waals surface area contributed by atoms with Gasteiger partial charge in [-0.15, -0.1) is 0 Å². The van der Waals surface area contributed by atoms with Crippen molar-refractivity contribution in [1.82, 2.24) is 24.1 Å². The lowest BCUT2D eigenvalue weighted by Gasteiger charge is -2.18. The summed E-state index contributed by atoms with van der Waals surface area (Å²) in [7, 11) is 0. The molecule has 0 bridgehead atoms. The third-order valence-corrected chi connectivity index (χ3v) is 18.7. The van der Waals surface area contributed by atoms with E-state index in [2.05, 4.69) is 246 Å². The third kappa shape index (κ3) is 10.6. The van der Waals surface area contributed by atoms with Crippen molar-refractivity contribution in [2.45, 2.75) is 0 Å². The summed E-state index contributed by atoms with van der Waals surface area (Å²) in [4.78, 5) is 17.0. The Hall–Kier alpha value is -13.8. The molecule has 0 aliphatic heterocycles. The Bertz CT molecular complexity index is 5580. The number of nitrogens with zero attached hydrogens (tertiary/aromatic N) is 8. The first-order chi connectivity index (χ1) is 48.4. The van der Waals surface area contributed by atoms with Crippen molar-refractivity contribution in [3.8, 4) is 142 Å². The van der Waals surface area contributed by atoms with Gasteiger partial charge in [-0.3, -0.25) is 0 Å². The molecule has 98 heavy (non-hydrogen) atoms. The molecule has 0 aliphatic carbocycles. The van der Waals surface area contributed by atoms with Gasteiger partial charge in [-0.2, -0.15) is 15.8 Å². The van der Waals surface area contributed by atoms with E-state index in [1.807, 2.05) is 109 Å². The highest BCUT2D eigenvalue weighted by atomic mass is 15.1. The number of hydrogen-bond acceptors (Lipinski definition) is 6. The second-order valence-electron chi connectivity index (χ2n) is 24.5. The molecule has 0 saturated heterocycles. The van der Waals surface area contributed by atoms with Crippen LogP contribution in [0, 0.1) is 34.0 Å². The number of nitriles is 3. The van der Waals surface area contributed by atoms with Crippen LogP contribution in [0.4, 0.5) is 0 Å². The van der Waals surface area contributed by atoms with Gasteiger partial charge in [0.2, 0.25) is 0 Å². The Morgan fingerprint density at radius 2 is 0.449 bits per heavy atom. The minimum Gasteiger partial charge on any atom is -0.308 e. The van der Waals surface area contributed by atoms with Gasteiger partial charge in [0.05, 0.1) is 68.3 Å². The van der Waals surface area contributed by atoms with Crippen LogP contribution in [0.1, 0.15) is 16.7 Å². The monoisotopic (exact) mass is 1250 g/mol. The van der Waals surface area contributed by atoms with Crippen molar-refractivity contribution in [2.24, 2.45) is 0 Å². The zero-order valence-electron chi connectivity index (χ0n) is 52.8. The average molecular weight is 1250 g/mol. The van der Waals surface area contributed by atoms with Crippen molar-refractivity contribution < 1.29 is 0 Å². The zero-order valence-corrected chi connectivity index (χ0v) is 52.8. The van der Waals surface area contributed by atoms with Gasteiger partial charge in [-0.05, 0) is 193 Å². The molecule has 17 rings (SSSR count). The van der Waals surface area contributed by atoms with Crippen LogP contribution in [0.2, 0.25) is 0 Å². The number of aromatic nitrogens is 5. The lowest BCUT2D eigenvalue weighted by atomic mass is 9.99. The van der Waals surface area contributed by atoms with E-state index < -0.39 is 0 Å². The SMILES string of the molecule is N#Cc1ccc(-c2cccc(-c3nc(-c4ccc(-c5ccc(C#N)cc5)cc4-n4c5ccc(-c6ccccc6)cc5c5cc(-c6ccccc6)ccc54)nc(-c4ccc(-c5ccc(C#N)cc5)cc4-n4c5ccc(-c6ccccc6)cc5c5cc(-c6ccccc6)ccc54)n3)c2)cc1. The van der Waals surface area contributed by atoms with Gasteiger partial charge in [-0.25, -0.2) is 15.0 Å². The Kier molecular flexibility index (Phi) is 14.5. The number of fused-ring (bicyclic) bond motifs is 6. The molecule has 0 radical (unpaired) electrons. The minimum atomic E-state index is 0.441. The summed E-state index contributed by atoms with van der Waals surface area (Å²) in [5.74, 6) is 1.34. The molecule has 0 amide bonds. The molecule has 0 fully saturated rings. The summed E-state index contributed by atoms with van der Waals surface area (Å²) < 4.78 is 4.71. The van der Waals surface area contributed by atoms with E-state index in [4.69, 9.17) is 15.0 Å². The van der Waals surface area contributed by atoms with Gasteiger partial charge in [-0.1, -0.05) is 212 Å². The molecule has 8 nitrogen and oxygen atoms in total. The molecular formula is C90H54N8. The number of benzene rings is 14. The summed E-state index contributed by atoms with van der Waals surface area (Å²) in [6.45, 7) is 0. The summed E-state index contributed by atoms with van der Waals surface area (Å²) in [5.41, 5.74) is 24.1. The van der Waals surface area contributed by atoms with E-state index in [0.717, 1.165) is 150 Å². The van der Waals surface area contributed by atoms with Gasteiger partial charge >= 0.3 is 0 Å². The van der Waals surface area contributed by atoms with Crippen molar-refractivity contribution >= 4 is 43.6 Å². The number of hydrogen-bond donors (Lipinski definition) is 0. The van der Waals surface area contributed by atoms with Gasteiger partial charge in [0, 0.05) is 38.2 Å². The Morgan fingerprint density at radius 1 is 0.204 bits per heavy atom. The van der Waals surface area contributed by atoms with Gasteiger partial charge in [0.1, 0.15) is 0 Å². The average Bonchev–Trinajstić information content (AvgIpc) is 1.52. The maximum absolute atomic E-state index is 9.97. The van der Waals surface area contributed by atoms with Crippen molar-refractivity contribution in [3.05, 3.63) is 344 Å². The van der Waals surface area contributed by atoms with E-state index in [9.17, 15) is 15.8 Å². The largest absolute Gasteiger partial charge is 0.308 e. The fraction of sp³-hybridized carbons (Fsp3) is 0. The molecule has 8 heteroatoms. The van der Waals surface area contributed by atoms with Gasteiger partial charge < -0.3 is 9.13 Å². The van der Waals surface area contributed by atoms with E-state index in [1.165, 1.54) is 0 Å². The predicted octanol–water partition coefficient (Wildman–Crippen LogP) is 22.4. The van der Waals surface area contributed by atoms with Gasteiger partial charge in [0.25, 0.3) is 0 Å². The highest BCUT2D eigenvalue weighted by Crippen LogP contribution is 2.45. The van der Waals surface area contributed by atoms with Crippen LogP contribution in [0.15, 0.2) is 328 Å². The number of rotatable bonds is 12. The van der Waals surface area contributed by atoms with Gasteiger partial charge in [0.15, 0.2) is 17.5 Å². The molecular weight excluding hydrogens is 1190 g/mol. The molecule has 0 aliphatic rings. The smallest absolute Gasteiger partial charge is 0.166 e. The standard InChI is InChI=1S/C90H54N8/c91-55-58-24-30-65(31-25-58)68-22-13-23-75(48-68)88-94-89(76-42-36-73(66-32-26-59(56-92)27-33-66)53-86(76)97-82-44-38-69(61-14-5-1-6-15-61)49-78(82)79-50-70(39-45-83(79)97)62-16-7-2-8-17-62)96-90(95-88)77-43-37-74(67-34-28-60(57-93)29-35-67)54-87(77)98-84-46-40-71(63-18-9-3-10-19-63)51-80(84)81-52-72(41-47-85(81)98)64-20-11-4-12-21-64/h1-54H. The van der Waals surface area contributed by atoms with E-state index in [0.29, 0.717) is 34.2 Å². The normalized spacial score (nSPS) is 11.2. The second kappa shape index (κ2) is 24.6. The zero-order chi connectivity index (χ0) is 65.6. The Balaban J connectivity index is 0.957. The first-order valence-corrected chi connectivity index (χ1v) is 32.5. The molecule has 0 saturated carbocycles. The van der Waals surface area contributed by atoms with E-state index in [1.54, 1.807) is 0 Å². The maximum atomic E-state index is 9.97. The van der Waals surface area contributed by atoms with Crippen LogP contribution in [0.3, 0.4) is 0 Å². The second-order valence-corrected chi connectivity index (χ2v) is 24.5. The van der Waals surface area contributed by atoms with Crippen LogP contribution >= 0.6 is 0 Å². The summed E-state index contributed by atoms with van der Waals surface area (Å²) in [6, 6.07) is 120. The third-order valence-electron chi connectivity index (χ3n) is 18.7. The van der Waals surface area contributed by atoms with Crippen molar-refractivity contribution in [2.75, 3.05) is 0 Å². The lowest BCUT2D eigenvalue weighted by molar-refractivity contribution is 1.06. The molecule has 0 unspecified atom stereocenters. The molecule has 0 spiro atoms. The molecule has 17 aromatic rings. The summed E-state index contributed by atoms with van der Waals surface area (Å²) in [6.07, 6.45) is 0. The lowest BCUT2D eigenvalue weighted by Crippen LogP contribution is -2.06. The molecule has 0 N–H and O–H groups in total. The van der Waals surface area contributed by atoms with Crippen LogP contribution in [0.25, 0.3) is 167 Å². The van der Waals surface area contributed by atoms with Crippen molar-refractivity contribution in [3.63, 3.8) is 0 Å². The van der Waals surface area contributed by atoms with Crippen LogP contribution < -0.4 is 0 Å². The quantitative estimate of drug-likeness (QED) is 0.120. The van der Waals surface area contributed by atoms with Crippen LogP contribution in [-0.2, 0) is 0 Å². The Morgan fingerprint density at radius 3 is 0.765 bits per heavy atom. The molecule has 0 atom stereocenters. The highest BCUT2D eigenvalue weighted by molar-refractivity contribution is 6.14. The minimum absolute atomic E-state index is 0.441. The molecule has 14 aromatic carbocycles. The van der Waals surface area contributed by atoms with Crippen molar-refractivity contribution in [1.29, 1.82) is 15.8 Å². The summed E-state index contributed by atoms with van der Waals surface area (Å²) >= 11 is 0. The van der Waals surface area contributed by atoms with Crippen LogP contribution in [0.5, 0.6) is 0 Å².